The summed E-state index contributed by atoms with van der Waals surface area (Å²) >= 11 is 0. The van der Waals surface area contributed by atoms with Gasteiger partial charge in [0.05, 0.1) is 38.8 Å². The van der Waals surface area contributed by atoms with Crippen molar-refractivity contribution in [2.75, 3.05) is 25.1 Å². The first kappa shape index (κ1) is 16.6. The van der Waals surface area contributed by atoms with Gasteiger partial charge in [-0.2, -0.15) is 13.9 Å². The van der Waals surface area contributed by atoms with E-state index in [0.717, 1.165) is 0 Å². The molecule has 4 rings (SSSR count). The van der Waals surface area contributed by atoms with Crippen LogP contribution in [0.3, 0.4) is 0 Å². The number of hydrogen-bond acceptors (Lipinski definition) is 8. The molecule has 0 spiro atoms. The van der Waals surface area contributed by atoms with E-state index in [9.17, 15) is 8.78 Å². The third kappa shape index (κ3) is 3.70. The van der Waals surface area contributed by atoms with E-state index in [1.165, 1.54) is 12.3 Å². The molecule has 0 radical (unpaired) electrons. The third-order valence-electron chi connectivity index (χ3n) is 3.63. The second-order valence-corrected chi connectivity index (χ2v) is 5.48. The molecule has 2 N–H and O–H groups in total. The number of fused-ring (bicyclic) bond motifs is 1. The van der Waals surface area contributed by atoms with Crippen LogP contribution in [0.4, 0.5) is 20.4 Å². The second-order valence-electron chi connectivity index (χ2n) is 5.48. The fraction of sp³-hybridized carbons (Fsp3) is 0.429. The third-order valence-corrected chi connectivity index (χ3v) is 3.63. The van der Waals surface area contributed by atoms with Gasteiger partial charge in [0.15, 0.2) is 11.5 Å². The van der Waals surface area contributed by atoms with E-state index in [1.54, 1.807) is 10.9 Å². The van der Waals surface area contributed by atoms with E-state index in [0.29, 0.717) is 49.2 Å². The number of H-pyrrole nitrogens is 1. The monoisotopic (exact) mass is 367 g/mol. The van der Waals surface area contributed by atoms with E-state index < -0.39 is 6.61 Å². The quantitative estimate of drug-likeness (QED) is 0.671. The maximum atomic E-state index is 12.2. The zero-order chi connectivity index (χ0) is 17.9. The standard InChI is InChI=1S/C14H15F2N7O3/c15-14(16)26-12-3-10(21-22-12)19-11-5-17-9-4-18-23(13(9)20-11)6-8-7-24-1-2-25-8/h3-5,8,14H,1-2,6-7H2,(H2,19,20,21,22). The van der Waals surface area contributed by atoms with Gasteiger partial charge in [0.1, 0.15) is 17.4 Å². The zero-order valence-electron chi connectivity index (χ0n) is 13.4. The highest BCUT2D eigenvalue weighted by molar-refractivity contribution is 5.71. The Morgan fingerprint density at radius 2 is 2.31 bits per heavy atom. The summed E-state index contributed by atoms with van der Waals surface area (Å²) in [6.45, 7) is -0.828. The van der Waals surface area contributed by atoms with E-state index in [2.05, 4.69) is 35.3 Å². The van der Waals surface area contributed by atoms with E-state index in [4.69, 9.17) is 9.47 Å². The summed E-state index contributed by atoms with van der Waals surface area (Å²) in [5.74, 6) is 0.507. The van der Waals surface area contributed by atoms with Crippen LogP contribution in [0, 0.1) is 0 Å². The fourth-order valence-electron chi connectivity index (χ4n) is 2.53. The van der Waals surface area contributed by atoms with Gasteiger partial charge in [-0.3, -0.25) is 5.10 Å². The maximum Gasteiger partial charge on any atom is 0.388 e. The van der Waals surface area contributed by atoms with Crippen LogP contribution in [0.15, 0.2) is 18.5 Å². The summed E-state index contributed by atoms with van der Waals surface area (Å²) in [4.78, 5) is 8.74. The van der Waals surface area contributed by atoms with Crippen molar-refractivity contribution < 1.29 is 23.0 Å². The smallest absolute Gasteiger partial charge is 0.388 e. The average molecular weight is 367 g/mol. The summed E-state index contributed by atoms with van der Waals surface area (Å²) in [7, 11) is 0. The van der Waals surface area contributed by atoms with Gasteiger partial charge >= 0.3 is 6.61 Å². The molecule has 26 heavy (non-hydrogen) atoms. The van der Waals surface area contributed by atoms with Crippen LogP contribution in [0.5, 0.6) is 5.88 Å². The number of aromatic nitrogens is 6. The molecule has 1 saturated heterocycles. The fourth-order valence-corrected chi connectivity index (χ4v) is 2.53. The minimum atomic E-state index is -2.94. The number of nitrogens with one attached hydrogen (secondary N) is 2. The Morgan fingerprint density at radius 3 is 3.12 bits per heavy atom. The van der Waals surface area contributed by atoms with Gasteiger partial charge in [-0.05, 0) is 0 Å². The molecule has 10 nitrogen and oxygen atoms in total. The SMILES string of the molecule is FC(F)Oc1cc(Nc2cnc3cnn(CC4COCCO4)c3n2)[nH]n1. The molecule has 1 fully saturated rings. The van der Waals surface area contributed by atoms with Crippen molar-refractivity contribution in [3.05, 3.63) is 18.5 Å². The lowest BCUT2D eigenvalue weighted by molar-refractivity contribution is -0.0942. The van der Waals surface area contributed by atoms with Crippen LogP contribution in [-0.4, -0.2) is 62.5 Å². The van der Waals surface area contributed by atoms with Gasteiger partial charge in [0.2, 0.25) is 5.88 Å². The molecule has 3 aromatic heterocycles. The molecule has 4 heterocycles. The minimum absolute atomic E-state index is 0.105. The van der Waals surface area contributed by atoms with Crippen LogP contribution in [0.1, 0.15) is 0 Å². The molecule has 0 amide bonds. The van der Waals surface area contributed by atoms with Crippen LogP contribution >= 0.6 is 0 Å². The van der Waals surface area contributed by atoms with Crippen molar-refractivity contribution >= 4 is 22.8 Å². The summed E-state index contributed by atoms with van der Waals surface area (Å²) in [6.07, 6.45) is 3.01. The predicted molar refractivity (Wildman–Crippen MR) is 84.4 cm³/mol. The van der Waals surface area contributed by atoms with Gasteiger partial charge in [0, 0.05) is 6.07 Å². The Kier molecular flexibility index (Phi) is 4.58. The number of alkyl halides is 2. The molecule has 3 aromatic rings. The Bertz CT molecular complexity index is 878. The van der Waals surface area contributed by atoms with Gasteiger partial charge < -0.3 is 19.5 Å². The topological polar surface area (TPSA) is 112 Å². The van der Waals surface area contributed by atoms with Gasteiger partial charge in [-0.25, -0.2) is 14.6 Å². The van der Waals surface area contributed by atoms with Crippen molar-refractivity contribution in [2.24, 2.45) is 0 Å². The molecule has 138 valence electrons. The molecule has 12 heteroatoms. The lowest BCUT2D eigenvalue weighted by atomic mass is 10.3. The molecule has 0 saturated carbocycles. The summed E-state index contributed by atoms with van der Waals surface area (Å²) in [6, 6.07) is 1.29. The highest BCUT2D eigenvalue weighted by Crippen LogP contribution is 2.20. The Balaban J connectivity index is 1.51. The molecular weight excluding hydrogens is 352 g/mol. The van der Waals surface area contributed by atoms with Crippen molar-refractivity contribution in [2.45, 2.75) is 19.3 Å². The molecule has 1 aliphatic rings. The minimum Gasteiger partial charge on any atom is -0.415 e. The van der Waals surface area contributed by atoms with Gasteiger partial charge in [-0.1, -0.05) is 0 Å². The van der Waals surface area contributed by atoms with Crippen LogP contribution in [0.2, 0.25) is 0 Å². The number of ether oxygens (including phenoxy) is 3. The first-order valence-corrected chi connectivity index (χ1v) is 7.82. The van der Waals surface area contributed by atoms with Crippen molar-refractivity contribution in [1.82, 2.24) is 29.9 Å². The first-order chi connectivity index (χ1) is 12.7. The van der Waals surface area contributed by atoms with Crippen LogP contribution in [-0.2, 0) is 16.0 Å². The molecule has 1 atom stereocenters. The number of hydrogen-bond donors (Lipinski definition) is 2. The van der Waals surface area contributed by atoms with Crippen molar-refractivity contribution in [1.29, 1.82) is 0 Å². The number of anilines is 2. The summed E-state index contributed by atoms with van der Waals surface area (Å²) < 4.78 is 41.3. The number of rotatable bonds is 6. The molecule has 1 unspecified atom stereocenters. The number of halogens is 2. The summed E-state index contributed by atoms with van der Waals surface area (Å²) in [5, 5.41) is 13.3. The van der Waals surface area contributed by atoms with Crippen molar-refractivity contribution in [3.63, 3.8) is 0 Å². The highest BCUT2D eigenvalue weighted by atomic mass is 19.3. The van der Waals surface area contributed by atoms with E-state index in [1.807, 2.05) is 0 Å². The van der Waals surface area contributed by atoms with E-state index >= 15 is 0 Å². The largest absolute Gasteiger partial charge is 0.415 e. The van der Waals surface area contributed by atoms with E-state index in [-0.39, 0.29) is 12.0 Å². The number of nitrogens with zero attached hydrogens (tertiary/aromatic N) is 5. The summed E-state index contributed by atoms with van der Waals surface area (Å²) in [5.41, 5.74) is 1.19. The Labute approximate surface area is 145 Å². The zero-order valence-corrected chi connectivity index (χ0v) is 13.4. The van der Waals surface area contributed by atoms with Gasteiger partial charge in [0.25, 0.3) is 0 Å². The Hall–Kier alpha value is -2.86. The molecule has 0 aromatic carbocycles. The highest BCUT2D eigenvalue weighted by Gasteiger charge is 2.18. The second kappa shape index (κ2) is 7.17. The molecule has 0 bridgehead atoms. The molecule has 0 aliphatic carbocycles. The predicted octanol–water partition coefficient (Wildman–Crippen LogP) is 1.31. The van der Waals surface area contributed by atoms with Crippen molar-refractivity contribution in [3.8, 4) is 5.88 Å². The normalized spacial score (nSPS) is 17.7. The average Bonchev–Trinajstić information content (AvgIpc) is 3.22. The molecular formula is C14H15F2N7O3. The lowest BCUT2D eigenvalue weighted by Gasteiger charge is -2.22. The first-order valence-electron chi connectivity index (χ1n) is 7.82. The van der Waals surface area contributed by atoms with Crippen LogP contribution in [0.25, 0.3) is 11.2 Å². The maximum absolute atomic E-state index is 12.2. The van der Waals surface area contributed by atoms with Gasteiger partial charge in [-0.15, -0.1) is 5.10 Å². The lowest BCUT2D eigenvalue weighted by Crippen LogP contribution is -2.32. The number of aromatic amines is 1. The van der Waals surface area contributed by atoms with Crippen LogP contribution < -0.4 is 10.1 Å². The molecule has 1 aliphatic heterocycles. The Morgan fingerprint density at radius 1 is 1.38 bits per heavy atom.